The monoisotopic (exact) mass is 1340 g/mol. The van der Waals surface area contributed by atoms with Crippen LogP contribution in [-0.2, 0) is 48.1 Å². The zero-order valence-electron chi connectivity index (χ0n) is 54.2. The Morgan fingerprint density at radius 1 is 0.337 bits per heavy atom. The second kappa shape index (κ2) is 22.6. The molecule has 0 aliphatic heterocycles. The van der Waals surface area contributed by atoms with Crippen LogP contribution >= 0.6 is 0 Å². The van der Waals surface area contributed by atoms with Crippen LogP contribution in [0.2, 0.25) is 0 Å². The number of rotatable bonds is 5. The first kappa shape index (κ1) is 60.8. The molecule has 12 bridgehead atoms. The number of para-hydroxylation sites is 1. The van der Waals surface area contributed by atoms with E-state index in [4.69, 9.17) is 14.7 Å². The number of pyridine rings is 2. The van der Waals surface area contributed by atoms with Crippen LogP contribution in [0.4, 0.5) is 0 Å². The molecule has 0 spiro atoms. The van der Waals surface area contributed by atoms with E-state index in [0.29, 0.717) is 11.5 Å². The SMILES string of the molecule is CC(C)(C)c1ccnc(-n2c3[c-]c(Oc4[c-]c(-c5ccc(-c6cc7cc(c6)c6cc(C(C)(C)C)cc(c6)c6cc(C(C)(C)C)cc(c6)c6cccc(c6)c6cc(C(C)(C)C)cc(c6)c6cc(C(C)(C)C)cc7c6)cn5)ccc4)ccc3c3ccccc32)c1.[Pt+2]. The number of aromatic nitrogens is 3. The van der Waals surface area contributed by atoms with Crippen molar-refractivity contribution in [3.8, 4) is 39.7 Å². The Morgan fingerprint density at radius 3 is 1.25 bits per heavy atom. The summed E-state index contributed by atoms with van der Waals surface area (Å²) in [6, 6.07) is 79.8. The molecular weight excluding hydrogens is 1260 g/mol. The molecule has 0 amide bonds. The zero-order chi connectivity index (χ0) is 61.8. The molecule has 3 heterocycles. The van der Waals surface area contributed by atoms with E-state index in [2.05, 4.69) is 290 Å². The Hall–Kier alpha value is -8.43. The van der Waals surface area contributed by atoms with Crippen LogP contribution in [0, 0.1) is 12.1 Å². The van der Waals surface area contributed by atoms with Gasteiger partial charge in [0.25, 0.3) is 0 Å². The van der Waals surface area contributed by atoms with Gasteiger partial charge in [-0.05, 0) is 208 Å². The Kier molecular flexibility index (Phi) is 15.4. The molecule has 13 aromatic rings. The Morgan fingerprint density at radius 2 is 0.775 bits per heavy atom. The maximum atomic E-state index is 6.65. The summed E-state index contributed by atoms with van der Waals surface area (Å²) in [6.07, 6.45) is 3.92. The molecule has 0 atom stereocenters. The minimum atomic E-state index is -0.126. The standard InChI is InChI=1S/C84H79N3O.Pt/c1-80(2,3)67-30-31-85-79(49-67)87-77-25-17-16-24-74(77)75-28-27-73(50-78(75)87)88-72-23-19-22-54(48-72)76-29-26-55(51-86-76)56-33-57-35-58(34-56)62-39-66(47-71(43-62)84(13,14)15)64-37-60(41-69(45-64)82(7,8)9)53-21-18-20-52(32-53)59-36-63(44-68(40-59)81(4,5)6)65-38-61(57)42-70(46-65)83(10,11)12;/h16-47,49,51H,1-15H3;/q-2;+2. The van der Waals surface area contributed by atoms with Crippen molar-refractivity contribution in [2.75, 3.05) is 0 Å². The summed E-state index contributed by atoms with van der Waals surface area (Å²) in [4.78, 5) is 10.1. The third-order valence-corrected chi connectivity index (χ3v) is 17.8. The number of hydrogen-bond acceptors (Lipinski definition) is 3. The third-order valence-electron chi connectivity index (χ3n) is 17.8. The smallest absolute Gasteiger partial charge is 0.503 e. The Labute approximate surface area is 540 Å². The molecule has 3 aromatic heterocycles. The van der Waals surface area contributed by atoms with Crippen LogP contribution < -0.4 is 4.74 Å². The fourth-order valence-corrected chi connectivity index (χ4v) is 12.3. The fourth-order valence-electron chi connectivity index (χ4n) is 12.3. The van der Waals surface area contributed by atoms with Gasteiger partial charge < -0.3 is 14.3 Å². The summed E-state index contributed by atoms with van der Waals surface area (Å²) in [6.45, 7) is 34.6. The molecule has 5 heteroatoms. The maximum Gasteiger partial charge on any atom is 2.00 e. The largest absolute Gasteiger partial charge is 2.00 e. The number of hydrogen-bond donors (Lipinski definition) is 0. The summed E-state index contributed by atoms with van der Waals surface area (Å²) < 4.78 is 8.84. The van der Waals surface area contributed by atoms with Gasteiger partial charge in [0, 0.05) is 29.4 Å². The second-order valence-electron chi connectivity index (χ2n) is 29.6. The molecule has 0 saturated carbocycles. The Bertz CT molecular complexity index is 4890. The van der Waals surface area contributed by atoms with Crippen molar-refractivity contribution in [1.82, 2.24) is 14.5 Å². The molecule has 13 rings (SSSR count). The van der Waals surface area contributed by atoms with Crippen molar-refractivity contribution >= 4 is 86.4 Å². The van der Waals surface area contributed by atoms with Crippen LogP contribution in [-0.4, -0.2) is 14.5 Å². The van der Waals surface area contributed by atoms with E-state index in [0.717, 1.165) is 60.8 Å². The van der Waals surface area contributed by atoms with E-state index >= 15 is 0 Å². The predicted octanol–water partition coefficient (Wildman–Crippen LogP) is 23.4. The summed E-state index contributed by atoms with van der Waals surface area (Å²) in [5.41, 5.74) is 11.6. The van der Waals surface area contributed by atoms with E-state index in [1.807, 2.05) is 36.7 Å². The molecule has 0 fully saturated rings. The number of ether oxygens (including phenoxy) is 1. The molecule has 0 saturated heterocycles. The van der Waals surface area contributed by atoms with E-state index in [9.17, 15) is 0 Å². The summed E-state index contributed by atoms with van der Waals surface area (Å²) in [7, 11) is 0. The summed E-state index contributed by atoms with van der Waals surface area (Å²) in [5, 5.41) is 16.5. The van der Waals surface area contributed by atoms with Crippen LogP contribution in [0.15, 0.2) is 207 Å². The molecule has 0 unspecified atom stereocenters. The first-order valence-corrected chi connectivity index (χ1v) is 31.2. The van der Waals surface area contributed by atoms with Crippen LogP contribution in [0.1, 0.15) is 132 Å². The molecule has 0 aliphatic carbocycles. The average molecular weight is 1340 g/mol. The van der Waals surface area contributed by atoms with Crippen molar-refractivity contribution in [3.05, 3.63) is 246 Å². The van der Waals surface area contributed by atoms with E-state index in [1.165, 1.54) is 81.7 Å². The fraction of sp³-hybridized carbons (Fsp3) is 0.238. The first-order chi connectivity index (χ1) is 41.7. The van der Waals surface area contributed by atoms with E-state index in [1.54, 1.807) is 0 Å². The average Bonchev–Trinajstić information content (AvgIpc) is 2.35. The van der Waals surface area contributed by atoms with E-state index in [-0.39, 0.29) is 48.1 Å². The summed E-state index contributed by atoms with van der Waals surface area (Å²) >= 11 is 0. The van der Waals surface area contributed by atoms with Crippen molar-refractivity contribution in [3.63, 3.8) is 0 Å². The minimum Gasteiger partial charge on any atom is -0.503 e. The second-order valence-corrected chi connectivity index (χ2v) is 29.6. The van der Waals surface area contributed by atoms with Gasteiger partial charge in [-0.15, -0.1) is 41.3 Å². The summed E-state index contributed by atoms with van der Waals surface area (Å²) in [5.74, 6) is 2.02. The van der Waals surface area contributed by atoms with Crippen LogP contribution in [0.25, 0.3) is 115 Å². The van der Waals surface area contributed by atoms with Gasteiger partial charge in [0.1, 0.15) is 5.82 Å². The molecule has 89 heavy (non-hydrogen) atoms. The normalized spacial score (nSPS) is 12.6. The van der Waals surface area contributed by atoms with Gasteiger partial charge >= 0.3 is 21.1 Å². The molecule has 446 valence electrons. The molecule has 0 aliphatic rings. The molecule has 10 aromatic carbocycles. The molecule has 0 N–H and O–H groups in total. The van der Waals surface area contributed by atoms with Crippen molar-refractivity contribution in [1.29, 1.82) is 0 Å². The molecule has 4 nitrogen and oxygen atoms in total. The van der Waals surface area contributed by atoms with Gasteiger partial charge in [0.15, 0.2) is 0 Å². The number of benzene rings is 9. The quantitative estimate of drug-likeness (QED) is 0.161. The topological polar surface area (TPSA) is 39.9 Å². The number of nitrogens with zero attached hydrogens (tertiary/aromatic N) is 3. The number of fused-ring (bicyclic) bond motifs is 21. The predicted molar refractivity (Wildman–Crippen MR) is 376 cm³/mol. The van der Waals surface area contributed by atoms with E-state index < -0.39 is 0 Å². The maximum absolute atomic E-state index is 6.65. The van der Waals surface area contributed by atoms with Gasteiger partial charge in [0.2, 0.25) is 0 Å². The van der Waals surface area contributed by atoms with Crippen molar-refractivity contribution in [2.24, 2.45) is 0 Å². The Balaban J connectivity index is 0.00000769. The minimum absolute atomic E-state index is 0. The third kappa shape index (κ3) is 12.3. The van der Waals surface area contributed by atoms with Crippen molar-refractivity contribution in [2.45, 2.75) is 131 Å². The van der Waals surface area contributed by atoms with Gasteiger partial charge in [-0.25, -0.2) is 4.98 Å². The molecule has 0 radical (unpaired) electrons. The first-order valence-electron chi connectivity index (χ1n) is 31.2. The van der Waals surface area contributed by atoms with Gasteiger partial charge in [-0.3, -0.25) is 0 Å². The van der Waals surface area contributed by atoms with Gasteiger partial charge in [0.05, 0.1) is 0 Å². The van der Waals surface area contributed by atoms with Crippen molar-refractivity contribution < 1.29 is 25.8 Å². The van der Waals surface area contributed by atoms with Gasteiger partial charge in [-0.2, -0.15) is 6.07 Å². The van der Waals surface area contributed by atoms with Gasteiger partial charge in [-0.1, -0.05) is 213 Å². The van der Waals surface area contributed by atoms with Crippen LogP contribution in [0.5, 0.6) is 11.5 Å². The zero-order valence-corrected chi connectivity index (χ0v) is 56.5. The molecular formula is C84H79N3OPt. The van der Waals surface area contributed by atoms with Crippen LogP contribution in [0.3, 0.4) is 0 Å².